The summed E-state index contributed by atoms with van der Waals surface area (Å²) in [5, 5.41) is 11.7. The van der Waals surface area contributed by atoms with Crippen LogP contribution < -0.4 is 11.1 Å². The summed E-state index contributed by atoms with van der Waals surface area (Å²) in [4.78, 5) is 22.9. The van der Waals surface area contributed by atoms with E-state index < -0.39 is 12.0 Å². The van der Waals surface area contributed by atoms with E-state index in [1.807, 2.05) is 37.3 Å². The van der Waals surface area contributed by atoms with Crippen molar-refractivity contribution in [3.8, 4) is 0 Å². The van der Waals surface area contributed by atoms with Crippen LogP contribution in [0.15, 0.2) is 30.3 Å². The number of carbonyl (C=O) groups is 2. The van der Waals surface area contributed by atoms with Crippen LogP contribution in [0.4, 0.5) is 0 Å². The lowest BCUT2D eigenvalue weighted by Gasteiger charge is -2.15. The lowest BCUT2D eigenvalue weighted by atomic mass is 10.1. The fraction of sp³-hybridized carbons (Fsp3) is 0.467. The van der Waals surface area contributed by atoms with Crippen LogP contribution in [0.2, 0.25) is 0 Å². The molecule has 0 radical (unpaired) electrons. The number of carboxylic acid groups (broad SMARTS) is 1. The molecule has 1 aromatic carbocycles. The van der Waals surface area contributed by atoms with Gasteiger partial charge in [0.15, 0.2) is 0 Å². The average molecular weight is 278 g/mol. The SMILES string of the molecule is CC(N)CCCC(=O)N[C@H](Cc1ccccc1)C(=O)O. The molecule has 0 saturated heterocycles. The predicted octanol–water partition coefficient (Wildman–Crippen LogP) is 1.32. The van der Waals surface area contributed by atoms with Gasteiger partial charge in [-0.15, -0.1) is 0 Å². The Balaban J connectivity index is 2.47. The topological polar surface area (TPSA) is 92.4 Å². The molecule has 0 aliphatic rings. The summed E-state index contributed by atoms with van der Waals surface area (Å²) in [6.07, 6.45) is 2.01. The van der Waals surface area contributed by atoms with Crippen molar-refractivity contribution < 1.29 is 14.7 Å². The van der Waals surface area contributed by atoms with Gasteiger partial charge in [-0.05, 0) is 25.3 Å². The minimum Gasteiger partial charge on any atom is -0.480 e. The second-order valence-corrected chi connectivity index (χ2v) is 5.02. The Morgan fingerprint density at radius 2 is 1.95 bits per heavy atom. The summed E-state index contributed by atoms with van der Waals surface area (Å²) in [6, 6.07) is 8.42. The molecule has 0 saturated carbocycles. The molecule has 0 aromatic heterocycles. The van der Waals surface area contributed by atoms with Gasteiger partial charge in [0, 0.05) is 18.9 Å². The van der Waals surface area contributed by atoms with Crippen molar-refractivity contribution in [3.63, 3.8) is 0 Å². The molecule has 4 N–H and O–H groups in total. The molecular formula is C15H22N2O3. The number of carbonyl (C=O) groups excluding carboxylic acids is 1. The van der Waals surface area contributed by atoms with Gasteiger partial charge in [0.1, 0.15) is 6.04 Å². The standard InChI is InChI=1S/C15H22N2O3/c1-11(16)6-5-9-14(18)17-13(15(19)20)10-12-7-3-2-4-8-12/h2-4,7-8,11,13H,5-6,9-10,16H2,1H3,(H,17,18)(H,19,20)/t11?,13-/m1/s1. The van der Waals surface area contributed by atoms with E-state index in [1.165, 1.54) is 0 Å². The number of amides is 1. The minimum atomic E-state index is -1.02. The van der Waals surface area contributed by atoms with Crippen LogP contribution in [-0.2, 0) is 16.0 Å². The summed E-state index contributed by atoms with van der Waals surface area (Å²) in [5.41, 5.74) is 6.49. The van der Waals surface area contributed by atoms with E-state index in [2.05, 4.69) is 5.32 Å². The number of hydrogen-bond acceptors (Lipinski definition) is 3. The third-order valence-electron chi connectivity index (χ3n) is 2.98. The molecule has 0 bridgehead atoms. The highest BCUT2D eigenvalue weighted by Gasteiger charge is 2.20. The highest BCUT2D eigenvalue weighted by Crippen LogP contribution is 2.05. The molecule has 5 nitrogen and oxygen atoms in total. The molecule has 0 fully saturated rings. The Labute approximate surface area is 119 Å². The van der Waals surface area contributed by atoms with Gasteiger partial charge in [0.25, 0.3) is 0 Å². The third-order valence-corrected chi connectivity index (χ3v) is 2.98. The lowest BCUT2D eigenvalue weighted by Crippen LogP contribution is -2.42. The Morgan fingerprint density at radius 3 is 2.50 bits per heavy atom. The van der Waals surface area contributed by atoms with Crippen LogP contribution in [0.5, 0.6) is 0 Å². The molecular weight excluding hydrogens is 256 g/mol. The second-order valence-electron chi connectivity index (χ2n) is 5.02. The van der Waals surface area contributed by atoms with Crippen LogP contribution in [0.25, 0.3) is 0 Å². The lowest BCUT2D eigenvalue weighted by molar-refractivity contribution is -0.141. The Morgan fingerprint density at radius 1 is 1.30 bits per heavy atom. The smallest absolute Gasteiger partial charge is 0.326 e. The van der Waals surface area contributed by atoms with Crippen LogP contribution in [0, 0.1) is 0 Å². The van der Waals surface area contributed by atoms with Gasteiger partial charge in [-0.3, -0.25) is 4.79 Å². The van der Waals surface area contributed by atoms with Crippen molar-refractivity contribution in [1.29, 1.82) is 0 Å². The molecule has 2 atom stereocenters. The molecule has 0 aliphatic carbocycles. The van der Waals surface area contributed by atoms with Crippen molar-refractivity contribution in [3.05, 3.63) is 35.9 Å². The van der Waals surface area contributed by atoms with E-state index in [0.29, 0.717) is 12.8 Å². The summed E-state index contributed by atoms with van der Waals surface area (Å²) >= 11 is 0. The first kappa shape index (κ1) is 16.2. The number of carboxylic acids is 1. The molecule has 1 amide bonds. The number of nitrogens with one attached hydrogen (secondary N) is 1. The first-order chi connectivity index (χ1) is 9.49. The average Bonchev–Trinajstić information content (AvgIpc) is 2.38. The van der Waals surface area contributed by atoms with Crippen molar-refractivity contribution in [2.45, 2.75) is 44.7 Å². The fourth-order valence-corrected chi connectivity index (χ4v) is 1.90. The highest BCUT2D eigenvalue weighted by molar-refractivity contribution is 5.83. The molecule has 20 heavy (non-hydrogen) atoms. The van der Waals surface area contributed by atoms with Crippen LogP contribution in [-0.4, -0.2) is 29.1 Å². The number of aliphatic carboxylic acids is 1. The van der Waals surface area contributed by atoms with E-state index in [9.17, 15) is 9.59 Å². The van der Waals surface area contributed by atoms with Crippen molar-refractivity contribution in [2.75, 3.05) is 0 Å². The summed E-state index contributed by atoms with van der Waals surface area (Å²) < 4.78 is 0. The minimum absolute atomic E-state index is 0.0578. The zero-order valence-electron chi connectivity index (χ0n) is 11.7. The van der Waals surface area contributed by atoms with E-state index in [0.717, 1.165) is 12.0 Å². The van der Waals surface area contributed by atoms with E-state index in [-0.39, 0.29) is 18.4 Å². The van der Waals surface area contributed by atoms with Gasteiger partial charge in [-0.2, -0.15) is 0 Å². The largest absolute Gasteiger partial charge is 0.480 e. The normalized spacial score (nSPS) is 13.5. The molecule has 1 unspecified atom stereocenters. The zero-order chi connectivity index (χ0) is 15.0. The second kappa shape index (κ2) is 8.32. The van der Waals surface area contributed by atoms with Crippen LogP contribution >= 0.6 is 0 Å². The van der Waals surface area contributed by atoms with Crippen LogP contribution in [0.3, 0.4) is 0 Å². The zero-order valence-corrected chi connectivity index (χ0v) is 11.7. The third kappa shape index (κ3) is 6.33. The van der Waals surface area contributed by atoms with Gasteiger partial charge in [-0.1, -0.05) is 30.3 Å². The summed E-state index contributed by atoms with van der Waals surface area (Å²) in [6.45, 7) is 1.88. The van der Waals surface area contributed by atoms with Crippen molar-refractivity contribution >= 4 is 11.9 Å². The van der Waals surface area contributed by atoms with Gasteiger partial charge < -0.3 is 16.2 Å². The molecule has 1 aromatic rings. The van der Waals surface area contributed by atoms with Crippen molar-refractivity contribution in [1.82, 2.24) is 5.32 Å². The maximum atomic E-state index is 11.7. The fourth-order valence-electron chi connectivity index (χ4n) is 1.90. The maximum Gasteiger partial charge on any atom is 0.326 e. The molecule has 0 aliphatic heterocycles. The van der Waals surface area contributed by atoms with Crippen LogP contribution in [0.1, 0.15) is 31.7 Å². The first-order valence-corrected chi connectivity index (χ1v) is 6.80. The molecule has 5 heteroatoms. The monoisotopic (exact) mass is 278 g/mol. The van der Waals surface area contributed by atoms with Crippen molar-refractivity contribution in [2.24, 2.45) is 5.73 Å². The first-order valence-electron chi connectivity index (χ1n) is 6.80. The molecule has 0 heterocycles. The van der Waals surface area contributed by atoms with E-state index in [4.69, 9.17) is 10.8 Å². The van der Waals surface area contributed by atoms with E-state index >= 15 is 0 Å². The molecule has 1 rings (SSSR count). The number of hydrogen-bond donors (Lipinski definition) is 3. The quantitative estimate of drug-likeness (QED) is 0.668. The number of rotatable bonds is 8. The van der Waals surface area contributed by atoms with Gasteiger partial charge >= 0.3 is 5.97 Å². The Hall–Kier alpha value is -1.88. The Kier molecular flexibility index (Phi) is 6.73. The maximum absolute atomic E-state index is 11.7. The summed E-state index contributed by atoms with van der Waals surface area (Å²) in [5.74, 6) is -1.26. The van der Waals surface area contributed by atoms with Gasteiger partial charge in [0.2, 0.25) is 5.91 Å². The summed E-state index contributed by atoms with van der Waals surface area (Å²) in [7, 11) is 0. The predicted molar refractivity (Wildman–Crippen MR) is 77.2 cm³/mol. The van der Waals surface area contributed by atoms with E-state index in [1.54, 1.807) is 0 Å². The van der Waals surface area contributed by atoms with Gasteiger partial charge in [0.05, 0.1) is 0 Å². The molecule has 0 spiro atoms. The Bertz CT molecular complexity index is 432. The molecule has 110 valence electrons. The van der Waals surface area contributed by atoms with Gasteiger partial charge in [-0.25, -0.2) is 4.79 Å². The number of nitrogens with two attached hydrogens (primary N) is 1. The highest BCUT2D eigenvalue weighted by atomic mass is 16.4. The number of benzene rings is 1.